The van der Waals surface area contributed by atoms with Gasteiger partial charge in [-0.1, -0.05) is 6.42 Å². The Kier molecular flexibility index (Phi) is 4.07. The number of aromatic carboxylic acids is 1. The molecule has 0 bridgehead atoms. The first-order valence-electron chi connectivity index (χ1n) is 6.57. The lowest BCUT2D eigenvalue weighted by Gasteiger charge is -2.39. The second-order valence-corrected chi connectivity index (χ2v) is 6.55. The molecular weight excluding hydrogens is 246 g/mol. The maximum atomic E-state index is 11.0. The summed E-state index contributed by atoms with van der Waals surface area (Å²) < 4.78 is 0. The number of likely N-dealkylation sites (tertiary alicyclic amines) is 1. The Morgan fingerprint density at radius 1 is 1.44 bits per heavy atom. The van der Waals surface area contributed by atoms with Gasteiger partial charge in [-0.25, -0.2) is 4.79 Å². The molecule has 0 saturated carbocycles. The van der Waals surface area contributed by atoms with Gasteiger partial charge in [-0.3, -0.25) is 4.90 Å². The zero-order valence-corrected chi connectivity index (χ0v) is 12.1. The van der Waals surface area contributed by atoms with E-state index in [0.29, 0.717) is 17.0 Å². The van der Waals surface area contributed by atoms with Crippen LogP contribution in [0.3, 0.4) is 0 Å². The molecule has 0 aliphatic carbocycles. The summed E-state index contributed by atoms with van der Waals surface area (Å²) in [5.41, 5.74) is 1.18. The van der Waals surface area contributed by atoms with Crippen molar-refractivity contribution in [3.05, 3.63) is 21.4 Å². The van der Waals surface area contributed by atoms with Crippen LogP contribution >= 0.6 is 11.3 Å². The quantitative estimate of drug-likeness (QED) is 0.911. The predicted molar refractivity (Wildman–Crippen MR) is 74.3 cm³/mol. The van der Waals surface area contributed by atoms with E-state index in [2.05, 4.69) is 18.7 Å². The lowest BCUT2D eigenvalue weighted by Crippen LogP contribution is -2.42. The van der Waals surface area contributed by atoms with E-state index in [1.807, 2.05) is 13.0 Å². The first-order valence-corrected chi connectivity index (χ1v) is 7.39. The SMILES string of the molecule is Cc1sc(C(=O)O)cc1CN1[C@H](C)CCC[C@@H]1C. The van der Waals surface area contributed by atoms with Crippen molar-refractivity contribution >= 4 is 17.3 Å². The van der Waals surface area contributed by atoms with Crippen LogP contribution in [0.1, 0.15) is 53.2 Å². The molecule has 1 aromatic rings. The highest BCUT2D eigenvalue weighted by Crippen LogP contribution is 2.28. The highest BCUT2D eigenvalue weighted by atomic mass is 32.1. The number of thiophene rings is 1. The Labute approximate surface area is 112 Å². The van der Waals surface area contributed by atoms with E-state index in [1.165, 1.54) is 36.2 Å². The number of piperidine rings is 1. The average molecular weight is 267 g/mol. The number of carboxylic acids is 1. The van der Waals surface area contributed by atoms with Crippen LogP contribution < -0.4 is 0 Å². The lowest BCUT2D eigenvalue weighted by atomic mass is 9.97. The van der Waals surface area contributed by atoms with Crippen molar-refractivity contribution < 1.29 is 9.90 Å². The van der Waals surface area contributed by atoms with Crippen molar-refractivity contribution in [1.82, 2.24) is 4.90 Å². The van der Waals surface area contributed by atoms with Crippen LogP contribution in [0, 0.1) is 6.92 Å². The van der Waals surface area contributed by atoms with Gasteiger partial charge in [-0.2, -0.15) is 0 Å². The number of hydrogen-bond acceptors (Lipinski definition) is 3. The third-order valence-corrected chi connectivity index (χ3v) is 5.04. The van der Waals surface area contributed by atoms with Crippen LogP contribution in [0.2, 0.25) is 0 Å². The first kappa shape index (κ1) is 13.6. The second kappa shape index (κ2) is 5.41. The Balaban J connectivity index is 2.15. The van der Waals surface area contributed by atoms with Crippen molar-refractivity contribution in [3.8, 4) is 0 Å². The highest BCUT2D eigenvalue weighted by Gasteiger charge is 2.25. The minimum atomic E-state index is -0.811. The Morgan fingerprint density at radius 2 is 2.06 bits per heavy atom. The van der Waals surface area contributed by atoms with Gasteiger partial charge in [0.15, 0.2) is 0 Å². The van der Waals surface area contributed by atoms with Gasteiger partial charge in [0.1, 0.15) is 4.88 Å². The molecule has 1 fully saturated rings. The van der Waals surface area contributed by atoms with Gasteiger partial charge in [-0.05, 0) is 45.2 Å². The molecule has 2 atom stereocenters. The van der Waals surface area contributed by atoms with Gasteiger partial charge < -0.3 is 5.11 Å². The molecule has 1 N–H and O–H groups in total. The van der Waals surface area contributed by atoms with Gasteiger partial charge in [0, 0.05) is 23.5 Å². The minimum Gasteiger partial charge on any atom is -0.477 e. The Hall–Kier alpha value is -0.870. The highest BCUT2D eigenvalue weighted by molar-refractivity contribution is 7.14. The second-order valence-electron chi connectivity index (χ2n) is 5.30. The predicted octanol–water partition coefficient (Wildman–Crippen LogP) is 3.52. The van der Waals surface area contributed by atoms with E-state index < -0.39 is 5.97 Å². The van der Waals surface area contributed by atoms with Crippen LogP contribution in [0.4, 0.5) is 0 Å². The molecule has 3 nitrogen and oxygen atoms in total. The van der Waals surface area contributed by atoms with Crippen molar-refractivity contribution in [2.75, 3.05) is 0 Å². The summed E-state index contributed by atoms with van der Waals surface area (Å²) in [5.74, 6) is -0.811. The van der Waals surface area contributed by atoms with Gasteiger partial charge >= 0.3 is 5.97 Å². The molecule has 2 heterocycles. The molecule has 0 radical (unpaired) electrons. The molecule has 100 valence electrons. The third kappa shape index (κ3) is 2.75. The molecule has 0 spiro atoms. The summed E-state index contributed by atoms with van der Waals surface area (Å²) in [7, 11) is 0. The van der Waals surface area contributed by atoms with Gasteiger partial charge in [0.25, 0.3) is 0 Å². The van der Waals surface area contributed by atoms with E-state index in [4.69, 9.17) is 5.11 Å². The molecule has 1 aromatic heterocycles. The molecular formula is C14H21NO2S. The third-order valence-electron chi connectivity index (χ3n) is 3.96. The number of aryl methyl sites for hydroxylation is 1. The summed E-state index contributed by atoms with van der Waals surface area (Å²) >= 11 is 1.39. The first-order chi connectivity index (χ1) is 8.49. The van der Waals surface area contributed by atoms with Crippen LogP contribution in [0.5, 0.6) is 0 Å². The zero-order chi connectivity index (χ0) is 13.3. The fourth-order valence-electron chi connectivity index (χ4n) is 2.77. The normalized spacial score (nSPS) is 25.3. The summed E-state index contributed by atoms with van der Waals surface area (Å²) in [6, 6.07) is 3.04. The number of carbonyl (C=O) groups is 1. The molecule has 4 heteroatoms. The van der Waals surface area contributed by atoms with E-state index in [0.717, 1.165) is 11.4 Å². The fourth-order valence-corrected chi connectivity index (χ4v) is 3.64. The zero-order valence-electron chi connectivity index (χ0n) is 11.3. The smallest absolute Gasteiger partial charge is 0.345 e. The molecule has 1 aliphatic heterocycles. The molecule has 0 amide bonds. The van der Waals surface area contributed by atoms with Crippen LogP contribution in [-0.4, -0.2) is 28.1 Å². The van der Waals surface area contributed by atoms with Crippen molar-refractivity contribution in [2.45, 2.75) is 58.7 Å². The standard InChI is InChI=1S/C14H21NO2S/c1-9-5-4-6-10(2)15(9)8-12-7-13(14(16)17)18-11(12)3/h7,9-10H,4-6,8H2,1-3H3,(H,16,17)/t9-,10+. The summed E-state index contributed by atoms with van der Waals surface area (Å²) in [4.78, 5) is 15.1. The van der Waals surface area contributed by atoms with Crippen LogP contribution in [0.25, 0.3) is 0 Å². The summed E-state index contributed by atoms with van der Waals surface area (Å²) in [5, 5.41) is 9.03. The van der Waals surface area contributed by atoms with E-state index >= 15 is 0 Å². The summed E-state index contributed by atoms with van der Waals surface area (Å²) in [6.07, 6.45) is 3.81. The van der Waals surface area contributed by atoms with Crippen LogP contribution in [-0.2, 0) is 6.54 Å². The Bertz CT molecular complexity index is 431. The van der Waals surface area contributed by atoms with Gasteiger partial charge in [-0.15, -0.1) is 11.3 Å². The molecule has 0 aromatic carbocycles. The lowest BCUT2D eigenvalue weighted by molar-refractivity contribution is 0.0702. The number of hydrogen-bond donors (Lipinski definition) is 1. The van der Waals surface area contributed by atoms with Crippen molar-refractivity contribution in [1.29, 1.82) is 0 Å². The number of nitrogens with zero attached hydrogens (tertiary/aromatic N) is 1. The topological polar surface area (TPSA) is 40.5 Å². The van der Waals surface area contributed by atoms with E-state index in [1.54, 1.807) is 0 Å². The fraction of sp³-hybridized carbons (Fsp3) is 0.643. The van der Waals surface area contributed by atoms with Crippen LogP contribution in [0.15, 0.2) is 6.07 Å². The molecule has 1 aliphatic rings. The van der Waals surface area contributed by atoms with Crippen molar-refractivity contribution in [3.63, 3.8) is 0 Å². The number of rotatable bonds is 3. The molecule has 1 saturated heterocycles. The minimum absolute atomic E-state index is 0.458. The number of carboxylic acid groups (broad SMARTS) is 1. The monoisotopic (exact) mass is 267 g/mol. The maximum absolute atomic E-state index is 11.0. The average Bonchev–Trinajstić information content (AvgIpc) is 2.66. The molecule has 0 unspecified atom stereocenters. The van der Waals surface area contributed by atoms with Gasteiger partial charge in [0.2, 0.25) is 0 Å². The molecule has 18 heavy (non-hydrogen) atoms. The van der Waals surface area contributed by atoms with Gasteiger partial charge in [0.05, 0.1) is 0 Å². The van der Waals surface area contributed by atoms with E-state index in [9.17, 15) is 4.79 Å². The molecule has 2 rings (SSSR count). The summed E-state index contributed by atoms with van der Waals surface area (Å²) in [6.45, 7) is 7.45. The largest absolute Gasteiger partial charge is 0.477 e. The van der Waals surface area contributed by atoms with E-state index in [-0.39, 0.29) is 0 Å². The Morgan fingerprint density at radius 3 is 2.56 bits per heavy atom. The van der Waals surface area contributed by atoms with Crippen molar-refractivity contribution in [2.24, 2.45) is 0 Å². The maximum Gasteiger partial charge on any atom is 0.345 e.